The van der Waals surface area contributed by atoms with E-state index < -0.39 is 0 Å². The summed E-state index contributed by atoms with van der Waals surface area (Å²) in [4.78, 5) is 25.4. The Morgan fingerprint density at radius 2 is 1.94 bits per heavy atom. The van der Waals surface area contributed by atoms with Gasteiger partial charge in [0.05, 0.1) is 24.6 Å². The van der Waals surface area contributed by atoms with E-state index in [1.165, 1.54) is 12.0 Å². The second-order valence-electron chi connectivity index (χ2n) is 4.61. The number of carbonyl (C=O) groups is 2. The van der Waals surface area contributed by atoms with E-state index in [0.717, 1.165) is 0 Å². The van der Waals surface area contributed by atoms with E-state index in [9.17, 15) is 9.59 Å². The number of piperidine rings is 1. The second kappa shape index (κ2) is 3.81. The molecular weight excluding hydrogens is 234 g/mol. The molecule has 0 bridgehead atoms. The van der Waals surface area contributed by atoms with Crippen molar-refractivity contribution in [3.8, 4) is 5.75 Å². The lowest BCUT2D eigenvalue weighted by Crippen LogP contribution is -2.35. The van der Waals surface area contributed by atoms with Crippen molar-refractivity contribution < 1.29 is 19.4 Å². The normalized spacial score (nSPS) is 29.4. The minimum atomic E-state index is -0.325. The van der Waals surface area contributed by atoms with Crippen LogP contribution in [0, 0.1) is 17.8 Å². The third kappa shape index (κ3) is 1.37. The number of aliphatic hydroxyl groups excluding tert-OH is 1. The van der Waals surface area contributed by atoms with Crippen LogP contribution in [-0.2, 0) is 9.59 Å². The van der Waals surface area contributed by atoms with Gasteiger partial charge >= 0.3 is 0 Å². The van der Waals surface area contributed by atoms with E-state index in [1.807, 2.05) is 0 Å². The Kier molecular flexibility index (Phi) is 2.38. The Balaban J connectivity index is 1.90. The first-order chi connectivity index (χ1) is 8.69. The molecule has 1 N–H and O–H groups in total. The first-order valence-electron chi connectivity index (χ1n) is 5.81. The SMILES string of the molecule is COc1cccc(N2C(=O)C3C(CO)C3C2=O)c1. The zero-order valence-corrected chi connectivity index (χ0v) is 9.87. The Labute approximate surface area is 104 Å². The summed E-state index contributed by atoms with van der Waals surface area (Å²) in [7, 11) is 1.53. The lowest BCUT2D eigenvalue weighted by atomic mass is 10.2. The predicted molar refractivity (Wildman–Crippen MR) is 63.0 cm³/mol. The van der Waals surface area contributed by atoms with Gasteiger partial charge in [0.25, 0.3) is 0 Å². The van der Waals surface area contributed by atoms with Gasteiger partial charge in [-0.25, -0.2) is 4.90 Å². The largest absolute Gasteiger partial charge is 0.497 e. The molecule has 5 nitrogen and oxygen atoms in total. The lowest BCUT2D eigenvalue weighted by molar-refractivity contribution is -0.124. The van der Waals surface area contributed by atoms with Gasteiger partial charge in [0, 0.05) is 18.6 Å². The van der Waals surface area contributed by atoms with Gasteiger partial charge in [0.2, 0.25) is 11.8 Å². The summed E-state index contributed by atoms with van der Waals surface area (Å²) in [6.07, 6.45) is 0. The molecule has 1 saturated carbocycles. The van der Waals surface area contributed by atoms with Gasteiger partial charge in [0.1, 0.15) is 5.75 Å². The molecule has 0 radical (unpaired) electrons. The van der Waals surface area contributed by atoms with Crippen LogP contribution in [0.2, 0.25) is 0 Å². The highest BCUT2D eigenvalue weighted by Crippen LogP contribution is 2.53. The van der Waals surface area contributed by atoms with Gasteiger partial charge < -0.3 is 9.84 Å². The number of methoxy groups -OCH3 is 1. The van der Waals surface area contributed by atoms with Crippen LogP contribution >= 0.6 is 0 Å². The molecule has 1 saturated heterocycles. The van der Waals surface area contributed by atoms with Crippen molar-refractivity contribution in [3.05, 3.63) is 24.3 Å². The predicted octanol–water partition coefficient (Wildman–Crippen LogP) is 0.423. The van der Waals surface area contributed by atoms with Crippen molar-refractivity contribution in [2.24, 2.45) is 17.8 Å². The van der Waals surface area contributed by atoms with E-state index in [4.69, 9.17) is 9.84 Å². The third-order valence-electron chi connectivity index (χ3n) is 3.70. The van der Waals surface area contributed by atoms with Crippen molar-refractivity contribution in [1.29, 1.82) is 0 Å². The van der Waals surface area contributed by atoms with Crippen molar-refractivity contribution in [2.45, 2.75) is 0 Å². The van der Waals surface area contributed by atoms with Crippen LogP contribution in [0.25, 0.3) is 0 Å². The molecule has 1 aromatic rings. The molecule has 1 aliphatic heterocycles. The average molecular weight is 247 g/mol. The van der Waals surface area contributed by atoms with Crippen LogP contribution < -0.4 is 9.64 Å². The van der Waals surface area contributed by atoms with Crippen LogP contribution in [-0.4, -0.2) is 30.6 Å². The monoisotopic (exact) mass is 247 g/mol. The van der Waals surface area contributed by atoms with Crippen LogP contribution in [0.5, 0.6) is 5.75 Å². The highest BCUT2D eigenvalue weighted by atomic mass is 16.5. The van der Waals surface area contributed by atoms with Crippen LogP contribution in [0.15, 0.2) is 24.3 Å². The fourth-order valence-electron chi connectivity index (χ4n) is 2.69. The lowest BCUT2D eigenvalue weighted by Gasteiger charge is -2.18. The zero-order valence-electron chi connectivity index (χ0n) is 9.87. The molecule has 0 aromatic heterocycles. The Bertz CT molecular complexity index is 505. The van der Waals surface area contributed by atoms with Crippen molar-refractivity contribution in [2.75, 3.05) is 18.6 Å². The van der Waals surface area contributed by atoms with Crippen LogP contribution in [0.3, 0.4) is 0 Å². The molecule has 18 heavy (non-hydrogen) atoms. The molecule has 94 valence electrons. The number of rotatable bonds is 3. The summed E-state index contributed by atoms with van der Waals surface area (Å²) in [5.74, 6) is -0.642. The number of hydrogen-bond donors (Lipinski definition) is 1. The number of imide groups is 1. The Morgan fingerprint density at radius 1 is 1.28 bits per heavy atom. The van der Waals surface area contributed by atoms with Crippen molar-refractivity contribution in [1.82, 2.24) is 0 Å². The first kappa shape index (κ1) is 11.2. The van der Waals surface area contributed by atoms with Gasteiger partial charge in [-0.3, -0.25) is 9.59 Å². The number of fused-ring (bicyclic) bond motifs is 1. The molecule has 3 rings (SSSR count). The summed E-state index contributed by atoms with van der Waals surface area (Å²) < 4.78 is 5.08. The van der Waals surface area contributed by atoms with Gasteiger partial charge in [0.15, 0.2) is 0 Å². The number of ether oxygens (including phenoxy) is 1. The Hall–Kier alpha value is -1.88. The third-order valence-corrected chi connectivity index (χ3v) is 3.70. The van der Waals surface area contributed by atoms with Crippen molar-refractivity contribution in [3.63, 3.8) is 0 Å². The number of benzene rings is 1. The number of amides is 2. The maximum absolute atomic E-state index is 12.1. The maximum Gasteiger partial charge on any atom is 0.238 e. The number of aliphatic hydroxyl groups is 1. The molecule has 1 heterocycles. The fourth-order valence-corrected chi connectivity index (χ4v) is 2.69. The molecule has 2 unspecified atom stereocenters. The topological polar surface area (TPSA) is 66.8 Å². The molecule has 2 atom stereocenters. The van der Waals surface area contributed by atoms with Crippen molar-refractivity contribution >= 4 is 17.5 Å². The Morgan fingerprint density at radius 3 is 2.50 bits per heavy atom. The highest BCUT2D eigenvalue weighted by molar-refractivity contribution is 6.25. The van der Waals surface area contributed by atoms with Gasteiger partial charge in [-0.2, -0.15) is 0 Å². The summed E-state index contributed by atoms with van der Waals surface area (Å²) in [6, 6.07) is 6.86. The van der Waals surface area contributed by atoms with E-state index in [-0.39, 0.29) is 36.2 Å². The number of nitrogens with zero attached hydrogens (tertiary/aromatic N) is 1. The quantitative estimate of drug-likeness (QED) is 0.786. The minimum absolute atomic E-state index is 0.0984. The molecule has 5 heteroatoms. The van der Waals surface area contributed by atoms with Gasteiger partial charge in [-0.15, -0.1) is 0 Å². The van der Waals surface area contributed by atoms with E-state index in [0.29, 0.717) is 11.4 Å². The average Bonchev–Trinajstić information content (AvgIpc) is 3.07. The molecule has 2 fully saturated rings. The summed E-state index contributed by atoms with van der Waals surface area (Å²) in [6.45, 7) is -0.0984. The van der Waals surface area contributed by atoms with E-state index >= 15 is 0 Å². The fraction of sp³-hybridized carbons (Fsp3) is 0.385. The van der Waals surface area contributed by atoms with Crippen LogP contribution in [0.1, 0.15) is 0 Å². The molecule has 2 aliphatic rings. The smallest absolute Gasteiger partial charge is 0.238 e. The summed E-state index contributed by atoms with van der Waals surface area (Å²) >= 11 is 0. The number of anilines is 1. The molecule has 1 aliphatic carbocycles. The molecule has 1 aromatic carbocycles. The second-order valence-corrected chi connectivity index (χ2v) is 4.61. The standard InChI is InChI=1S/C13H13NO4/c1-18-8-4-2-3-7(5-8)14-12(16)10-9(6-15)11(10)13(14)17/h2-5,9-11,15H,6H2,1H3. The summed E-state index contributed by atoms with van der Waals surface area (Å²) in [5, 5.41) is 9.04. The summed E-state index contributed by atoms with van der Waals surface area (Å²) in [5.41, 5.74) is 0.535. The molecule has 0 spiro atoms. The van der Waals surface area contributed by atoms with Crippen LogP contribution in [0.4, 0.5) is 5.69 Å². The van der Waals surface area contributed by atoms with E-state index in [2.05, 4.69) is 0 Å². The zero-order chi connectivity index (χ0) is 12.9. The first-order valence-corrected chi connectivity index (χ1v) is 5.81. The number of carbonyl (C=O) groups excluding carboxylic acids is 2. The highest BCUT2D eigenvalue weighted by Gasteiger charge is 2.67. The number of hydrogen-bond acceptors (Lipinski definition) is 4. The van der Waals surface area contributed by atoms with Gasteiger partial charge in [-0.1, -0.05) is 6.07 Å². The minimum Gasteiger partial charge on any atom is -0.497 e. The molecular formula is C13H13NO4. The maximum atomic E-state index is 12.1. The van der Waals surface area contributed by atoms with E-state index in [1.54, 1.807) is 24.3 Å². The molecule has 2 amide bonds. The van der Waals surface area contributed by atoms with Gasteiger partial charge in [-0.05, 0) is 12.1 Å².